The lowest BCUT2D eigenvalue weighted by atomic mass is 10.00. The van der Waals surface area contributed by atoms with Crippen molar-refractivity contribution in [3.05, 3.63) is 66.2 Å². The average molecular weight is 297 g/mol. The molecule has 20 heavy (non-hydrogen) atoms. The summed E-state index contributed by atoms with van der Waals surface area (Å²) in [5.41, 5.74) is 3.59. The fourth-order valence-corrected chi connectivity index (χ4v) is 4.23. The van der Waals surface area contributed by atoms with E-state index in [9.17, 15) is 0 Å². The van der Waals surface area contributed by atoms with Gasteiger partial charge in [-0.2, -0.15) is 0 Å². The first-order valence-corrected chi connectivity index (χ1v) is 13.2. The van der Waals surface area contributed by atoms with E-state index in [0.29, 0.717) is 0 Å². The largest absolute Gasteiger partial charge is 0.0906 e. The molecule has 104 valence electrons. The minimum atomic E-state index is -0.698. The van der Waals surface area contributed by atoms with E-state index < -0.39 is 17.6 Å². The Morgan fingerprint density at radius 1 is 0.650 bits per heavy atom. The SMILES string of the molecule is C=C(c1ccc([SiH](C)C)cc1)c1ccc([SiH](C)C)cc1. The second-order valence-electron chi connectivity index (χ2n) is 6.03. The first kappa shape index (κ1) is 15.0. The van der Waals surface area contributed by atoms with Crippen molar-refractivity contribution >= 4 is 33.5 Å². The van der Waals surface area contributed by atoms with E-state index in [-0.39, 0.29) is 0 Å². The highest BCUT2D eigenvalue weighted by molar-refractivity contribution is 6.71. The molecule has 2 rings (SSSR count). The van der Waals surface area contributed by atoms with Gasteiger partial charge in [0.05, 0.1) is 17.6 Å². The van der Waals surface area contributed by atoms with Crippen molar-refractivity contribution in [1.29, 1.82) is 0 Å². The molecule has 0 aliphatic carbocycles. The Kier molecular flexibility index (Phi) is 4.79. The summed E-state index contributed by atoms with van der Waals surface area (Å²) in [5.74, 6) is 0. The quantitative estimate of drug-likeness (QED) is 0.761. The van der Waals surface area contributed by atoms with Crippen LogP contribution in [0.2, 0.25) is 26.2 Å². The van der Waals surface area contributed by atoms with Crippen LogP contribution in [0.25, 0.3) is 5.57 Å². The summed E-state index contributed by atoms with van der Waals surface area (Å²) < 4.78 is 0. The maximum Gasteiger partial charge on any atom is 0.0647 e. The molecule has 0 nitrogen and oxygen atoms in total. The highest BCUT2D eigenvalue weighted by atomic mass is 28.3. The molecule has 0 radical (unpaired) electrons. The van der Waals surface area contributed by atoms with Gasteiger partial charge >= 0.3 is 0 Å². The van der Waals surface area contributed by atoms with Crippen LogP contribution in [-0.4, -0.2) is 17.6 Å². The average Bonchev–Trinajstić information content (AvgIpc) is 2.46. The summed E-state index contributed by atoms with van der Waals surface area (Å²) in [4.78, 5) is 0. The second-order valence-corrected chi connectivity index (χ2v) is 12.0. The molecule has 0 amide bonds. The third-order valence-electron chi connectivity index (χ3n) is 3.85. The van der Waals surface area contributed by atoms with Crippen LogP contribution >= 0.6 is 0 Å². The molecule has 0 heterocycles. The minimum absolute atomic E-state index is 0.698. The molecular weight excluding hydrogens is 272 g/mol. The molecule has 0 saturated heterocycles. The summed E-state index contributed by atoms with van der Waals surface area (Å²) in [6.07, 6.45) is 0. The third-order valence-corrected chi connectivity index (χ3v) is 7.29. The summed E-state index contributed by atoms with van der Waals surface area (Å²) in [5, 5.41) is 3.03. The molecule has 0 N–H and O–H groups in total. The zero-order valence-electron chi connectivity index (χ0n) is 13.0. The normalized spacial score (nSPS) is 11.1. The van der Waals surface area contributed by atoms with Crippen molar-refractivity contribution < 1.29 is 0 Å². The van der Waals surface area contributed by atoms with Gasteiger partial charge in [-0.1, -0.05) is 91.7 Å². The van der Waals surface area contributed by atoms with Crippen LogP contribution < -0.4 is 10.4 Å². The smallest absolute Gasteiger partial charge is 0.0647 e. The van der Waals surface area contributed by atoms with Crippen molar-refractivity contribution in [2.24, 2.45) is 0 Å². The predicted octanol–water partition coefficient (Wildman–Crippen LogP) is 3.14. The second kappa shape index (κ2) is 6.38. The van der Waals surface area contributed by atoms with Gasteiger partial charge in [-0.15, -0.1) is 0 Å². The summed E-state index contributed by atoms with van der Waals surface area (Å²) in [6.45, 7) is 13.7. The van der Waals surface area contributed by atoms with Gasteiger partial charge in [0.2, 0.25) is 0 Å². The molecule has 0 bridgehead atoms. The van der Waals surface area contributed by atoms with Crippen LogP contribution in [0.5, 0.6) is 0 Å². The molecule has 0 saturated carbocycles. The van der Waals surface area contributed by atoms with Crippen molar-refractivity contribution in [3.8, 4) is 0 Å². The molecule has 0 aliphatic heterocycles. The van der Waals surface area contributed by atoms with E-state index in [1.807, 2.05) is 0 Å². The highest BCUT2D eigenvalue weighted by Crippen LogP contribution is 2.20. The summed E-state index contributed by atoms with van der Waals surface area (Å²) in [7, 11) is -1.40. The monoisotopic (exact) mass is 296 g/mol. The van der Waals surface area contributed by atoms with Crippen molar-refractivity contribution in [2.45, 2.75) is 26.2 Å². The number of hydrogen-bond donors (Lipinski definition) is 0. The van der Waals surface area contributed by atoms with Gasteiger partial charge in [0.1, 0.15) is 0 Å². The van der Waals surface area contributed by atoms with Crippen LogP contribution in [0.4, 0.5) is 0 Å². The van der Waals surface area contributed by atoms with Crippen LogP contribution in [0.15, 0.2) is 55.1 Å². The van der Waals surface area contributed by atoms with Crippen molar-refractivity contribution in [2.75, 3.05) is 0 Å². The third kappa shape index (κ3) is 3.38. The fraction of sp³-hybridized carbons (Fsp3) is 0.222. The highest BCUT2D eigenvalue weighted by Gasteiger charge is 2.06. The van der Waals surface area contributed by atoms with Crippen LogP contribution in [0.3, 0.4) is 0 Å². The lowest BCUT2D eigenvalue weighted by Gasteiger charge is -2.10. The molecule has 0 spiro atoms. The van der Waals surface area contributed by atoms with Crippen LogP contribution in [0, 0.1) is 0 Å². The molecule has 2 heteroatoms. The fourth-order valence-electron chi connectivity index (χ4n) is 2.31. The Labute approximate surface area is 126 Å². The molecule has 0 fully saturated rings. The minimum Gasteiger partial charge on any atom is -0.0906 e. The standard InChI is InChI=1S/C18H24Si2/c1-14(15-6-10-17(11-7-15)19(2)3)16-8-12-18(13-9-16)20(4)5/h6-13,19-20H,1H2,2-5H3. The Bertz CT molecular complexity index is 524. The van der Waals surface area contributed by atoms with Crippen LogP contribution in [0.1, 0.15) is 11.1 Å². The Morgan fingerprint density at radius 2 is 0.950 bits per heavy atom. The zero-order valence-corrected chi connectivity index (χ0v) is 15.3. The molecule has 2 aromatic rings. The van der Waals surface area contributed by atoms with E-state index in [1.54, 1.807) is 0 Å². The van der Waals surface area contributed by atoms with Gasteiger partial charge in [-0.05, 0) is 16.7 Å². The lowest BCUT2D eigenvalue weighted by Crippen LogP contribution is -2.22. The lowest BCUT2D eigenvalue weighted by molar-refractivity contribution is 1.58. The molecule has 0 aliphatic rings. The van der Waals surface area contributed by atoms with E-state index in [2.05, 4.69) is 81.3 Å². The maximum absolute atomic E-state index is 4.27. The Morgan fingerprint density at radius 3 is 1.20 bits per heavy atom. The molecule has 0 unspecified atom stereocenters. The van der Waals surface area contributed by atoms with Gasteiger partial charge in [0.25, 0.3) is 0 Å². The van der Waals surface area contributed by atoms with Crippen LogP contribution in [-0.2, 0) is 0 Å². The zero-order chi connectivity index (χ0) is 14.7. The topological polar surface area (TPSA) is 0 Å². The molecule has 2 aromatic carbocycles. The summed E-state index contributed by atoms with van der Waals surface area (Å²) >= 11 is 0. The van der Waals surface area contributed by atoms with E-state index in [0.717, 1.165) is 5.57 Å². The van der Waals surface area contributed by atoms with E-state index in [1.165, 1.54) is 21.5 Å². The Balaban J connectivity index is 2.22. The van der Waals surface area contributed by atoms with Gasteiger partial charge in [0.15, 0.2) is 0 Å². The van der Waals surface area contributed by atoms with Gasteiger partial charge in [-0.25, -0.2) is 0 Å². The first-order chi connectivity index (χ1) is 9.49. The molecular formula is C18H24Si2. The van der Waals surface area contributed by atoms with Gasteiger partial charge in [0, 0.05) is 0 Å². The first-order valence-electron chi connectivity index (χ1n) is 7.38. The number of rotatable bonds is 4. The van der Waals surface area contributed by atoms with Gasteiger partial charge in [-0.3, -0.25) is 0 Å². The van der Waals surface area contributed by atoms with Gasteiger partial charge < -0.3 is 0 Å². The van der Waals surface area contributed by atoms with E-state index in [4.69, 9.17) is 0 Å². The van der Waals surface area contributed by atoms with Crippen molar-refractivity contribution in [1.82, 2.24) is 0 Å². The number of hydrogen-bond acceptors (Lipinski definition) is 0. The predicted molar refractivity (Wildman–Crippen MR) is 98.0 cm³/mol. The van der Waals surface area contributed by atoms with E-state index >= 15 is 0 Å². The molecule has 0 atom stereocenters. The number of benzene rings is 2. The Hall–Kier alpha value is -1.39. The molecule has 0 aromatic heterocycles. The maximum atomic E-state index is 4.27. The summed E-state index contributed by atoms with van der Waals surface area (Å²) in [6, 6.07) is 18.0. The van der Waals surface area contributed by atoms with Crippen molar-refractivity contribution in [3.63, 3.8) is 0 Å².